The number of phenolic OH excluding ortho intramolecular Hbond substituents is 1. The number of fused-ring (bicyclic) bond motifs is 1. The summed E-state index contributed by atoms with van der Waals surface area (Å²) in [6.07, 6.45) is -0.142. The largest absolute Gasteiger partial charge is 0.506 e. The zero-order valence-corrected chi connectivity index (χ0v) is 21.3. The number of aromatic hydroxyl groups is 1. The van der Waals surface area contributed by atoms with Crippen molar-refractivity contribution in [1.82, 2.24) is 4.98 Å². The summed E-state index contributed by atoms with van der Waals surface area (Å²) in [6.45, 7) is 0.252. The van der Waals surface area contributed by atoms with Gasteiger partial charge in [-0.25, -0.2) is 8.42 Å². The third-order valence-electron chi connectivity index (χ3n) is 6.36. The van der Waals surface area contributed by atoms with Gasteiger partial charge in [0.05, 0.1) is 17.5 Å². The molecule has 0 saturated carbocycles. The molecule has 200 valence electrons. The van der Waals surface area contributed by atoms with E-state index in [2.05, 4.69) is 9.71 Å². The fraction of sp³-hybridized carbons (Fsp3) is 0.143. The Kier molecular flexibility index (Phi) is 6.55. The summed E-state index contributed by atoms with van der Waals surface area (Å²) in [5.41, 5.74) is 2.43. The van der Waals surface area contributed by atoms with Crippen molar-refractivity contribution >= 4 is 27.3 Å². The number of benzene rings is 3. The second kappa shape index (κ2) is 9.73. The molecule has 4 aromatic rings. The number of carbonyl (C=O) groups is 1. The number of pyridine rings is 1. The Bertz CT molecular complexity index is 1690. The summed E-state index contributed by atoms with van der Waals surface area (Å²) in [6, 6.07) is 16.3. The molecule has 1 aliphatic heterocycles. The number of sulfonamides is 1. The third kappa shape index (κ3) is 5.58. The molecule has 0 unspecified atom stereocenters. The standard InChI is InChI=1S/C28H22F3N3O4S/c1-39(37,38)33-25-15-23(5-7-26(25)35)34-10-8-18-11-17(4-6-24(18)27(34)36)20-12-21(19-3-2-9-32-16-19)14-22(13-20)28(29,30)31/h2-7,9,11-16,33,35H,8,10H2,1H3. The number of nitrogens with zero attached hydrogens (tertiary/aromatic N) is 2. The molecule has 0 aliphatic carbocycles. The van der Waals surface area contributed by atoms with Gasteiger partial charge in [0.1, 0.15) is 5.75 Å². The van der Waals surface area contributed by atoms with Gasteiger partial charge in [-0.15, -0.1) is 0 Å². The summed E-state index contributed by atoms with van der Waals surface area (Å²) in [5.74, 6) is -0.635. The Balaban J connectivity index is 1.50. The molecular weight excluding hydrogens is 531 g/mol. The van der Waals surface area contributed by atoms with Crippen LogP contribution in [0.4, 0.5) is 24.5 Å². The SMILES string of the molecule is CS(=O)(=O)Nc1cc(N2CCc3cc(-c4cc(-c5cccnc5)cc(C(F)(F)F)c4)ccc3C2=O)ccc1O. The Hall–Kier alpha value is -4.38. The molecule has 0 saturated heterocycles. The van der Waals surface area contributed by atoms with Crippen molar-refractivity contribution < 1.29 is 31.5 Å². The topological polar surface area (TPSA) is 99.6 Å². The number of alkyl halides is 3. The Labute approximate surface area is 222 Å². The maximum atomic E-state index is 13.7. The van der Waals surface area contributed by atoms with E-state index in [4.69, 9.17) is 0 Å². The van der Waals surface area contributed by atoms with Gasteiger partial charge in [0.2, 0.25) is 10.0 Å². The Morgan fingerprint density at radius 3 is 2.36 bits per heavy atom. The van der Waals surface area contributed by atoms with Crippen LogP contribution in [0.5, 0.6) is 5.75 Å². The van der Waals surface area contributed by atoms with Crippen molar-refractivity contribution in [3.05, 3.63) is 95.8 Å². The van der Waals surface area contributed by atoms with Crippen LogP contribution in [0.25, 0.3) is 22.3 Å². The molecule has 0 fully saturated rings. The molecule has 0 spiro atoms. The predicted molar refractivity (Wildman–Crippen MR) is 142 cm³/mol. The van der Waals surface area contributed by atoms with E-state index < -0.39 is 21.8 Å². The maximum absolute atomic E-state index is 13.7. The summed E-state index contributed by atoms with van der Waals surface area (Å²) in [7, 11) is -3.66. The first-order valence-electron chi connectivity index (χ1n) is 11.8. The maximum Gasteiger partial charge on any atom is 0.416 e. The van der Waals surface area contributed by atoms with Gasteiger partial charge in [-0.2, -0.15) is 13.2 Å². The molecule has 0 radical (unpaired) electrons. The van der Waals surface area contributed by atoms with E-state index in [1.165, 1.54) is 29.3 Å². The number of amides is 1. The van der Waals surface area contributed by atoms with Crippen molar-refractivity contribution in [2.24, 2.45) is 0 Å². The monoisotopic (exact) mass is 553 g/mol. The lowest BCUT2D eigenvalue weighted by molar-refractivity contribution is -0.137. The number of phenols is 1. The highest BCUT2D eigenvalue weighted by atomic mass is 32.2. The molecule has 39 heavy (non-hydrogen) atoms. The lowest BCUT2D eigenvalue weighted by Crippen LogP contribution is -2.37. The Morgan fingerprint density at radius 1 is 0.949 bits per heavy atom. The number of carbonyl (C=O) groups excluding carboxylic acids is 1. The molecule has 7 nitrogen and oxygen atoms in total. The molecule has 0 atom stereocenters. The average molecular weight is 554 g/mol. The zero-order chi connectivity index (χ0) is 27.9. The molecule has 1 aromatic heterocycles. The van der Waals surface area contributed by atoms with E-state index in [9.17, 15) is 31.5 Å². The zero-order valence-electron chi connectivity index (χ0n) is 20.5. The van der Waals surface area contributed by atoms with Gasteiger partial charge < -0.3 is 10.0 Å². The summed E-state index contributed by atoms with van der Waals surface area (Å²) in [4.78, 5) is 18.8. The number of hydrogen-bond acceptors (Lipinski definition) is 5. The molecule has 2 heterocycles. The molecular formula is C28H22F3N3O4S. The predicted octanol–water partition coefficient (Wildman–Crippen LogP) is 5.71. The minimum absolute atomic E-state index is 0.0575. The number of hydrogen-bond donors (Lipinski definition) is 2. The van der Waals surface area contributed by atoms with E-state index in [-0.39, 0.29) is 23.9 Å². The second-order valence-corrected chi connectivity index (χ2v) is 10.9. The van der Waals surface area contributed by atoms with Crippen LogP contribution in [-0.4, -0.2) is 37.2 Å². The molecule has 0 bridgehead atoms. The van der Waals surface area contributed by atoms with Gasteiger partial charge in [-0.05, 0) is 77.2 Å². The fourth-order valence-corrected chi connectivity index (χ4v) is 5.11. The number of aromatic nitrogens is 1. The van der Waals surface area contributed by atoms with Crippen LogP contribution in [0.2, 0.25) is 0 Å². The van der Waals surface area contributed by atoms with Gasteiger partial charge >= 0.3 is 6.18 Å². The minimum Gasteiger partial charge on any atom is -0.506 e. The van der Waals surface area contributed by atoms with Crippen LogP contribution in [-0.2, 0) is 22.6 Å². The Morgan fingerprint density at radius 2 is 1.69 bits per heavy atom. The van der Waals surface area contributed by atoms with Crippen molar-refractivity contribution in [1.29, 1.82) is 0 Å². The highest BCUT2D eigenvalue weighted by Crippen LogP contribution is 2.38. The van der Waals surface area contributed by atoms with Crippen LogP contribution in [0.15, 0.2) is 79.1 Å². The minimum atomic E-state index is -4.55. The lowest BCUT2D eigenvalue weighted by atomic mass is 9.91. The van der Waals surface area contributed by atoms with Crippen molar-refractivity contribution in [2.75, 3.05) is 22.4 Å². The second-order valence-electron chi connectivity index (χ2n) is 9.19. The van der Waals surface area contributed by atoms with Gasteiger partial charge in [-0.1, -0.05) is 18.2 Å². The van der Waals surface area contributed by atoms with E-state index in [0.29, 0.717) is 45.5 Å². The van der Waals surface area contributed by atoms with Gasteiger partial charge in [0, 0.05) is 35.8 Å². The highest BCUT2D eigenvalue weighted by molar-refractivity contribution is 7.92. The number of nitrogens with one attached hydrogen (secondary N) is 1. The number of rotatable bonds is 5. The summed E-state index contributed by atoms with van der Waals surface area (Å²) in [5, 5.41) is 10.0. The number of anilines is 2. The quantitative estimate of drug-likeness (QED) is 0.308. The lowest BCUT2D eigenvalue weighted by Gasteiger charge is -2.29. The van der Waals surface area contributed by atoms with E-state index >= 15 is 0 Å². The highest BCUT2D eigenvalue weighted by Gasteiger charge is 2.32. The van der Waals surface area contributed by atoms with Crippen LogP contribution in [0.1, 0.15) is 21.5 Å². The first kappa shape index (κ1) is 26.2. The molecule has 5 rings (SSSR count). The van der Waals surface area contributed by atoms with Crippen LogP contribution < -0.4 is 9.62 Å². The third-order valence-corrected chi connectivity index (χ3v) is 6.95. The molecule has 1 amide bonds. The van der Waals surface area contributed by atoms with Gasteiger partial charge in [-0.3, -0.25) is 14.5 Å². The van der Waals surface area contributed by atoms with Crippen LogP contribution >= 0.6 is 0 Å². The first-order chi connectivity index (χ1) is 18.4. The molecule has 2 N–H and O–H groups in total. The first-order valence-corrected chi connectivity index (χ1v) is 13.7. The number of halogens is 3. The van der Waals surface area contributed by atoms with Gasteiger partial charge in [0.15, 0.2) is 0 Å². The summed E-state index contributed by atoms with van der Waals surface area (Å²) < 4.78 is 66.7. The molecule has 11 heteroatoms. The van der Waals surface area contributed by atoms with Crippen molar-refractivity contribution in [3.63, 3.8) is 0 Å². The van der Waals surface area contributed by atoms with E-state index in [1.807, 2.05) is 0 Å². The molecule has 3 aromatic carbocycles. The van der Waals surface area contributed by atoms with Crippen LogP contribution in [0, 0.1) is 0 Å². The fourth-order valence-electron chi connectivity index (χ4n) is 4.55. The molecule has 1 aliphatic rings. The van der Waals surface area contributed by atoms with E-state index in [1.54, 1.807) is 42.6 Å². The average Bonchev–Trinajstić information content (AvgIpc) is 2.89. The van der Waals surface area contributed by atoms with E-state index in [0.717, 1.165) is 18.4 Å². The van der Waals surface area contributed by atoms with Crippen molar-refractivity contribution in [2.45, 2.75) is 12.6 Å². The van der Waals surface area contributed by atoms with Crippen molar-refractivity contribution in [3.8, 4) is 28.0 Å². The normalized spacial score (nSPS) is 13.7. The van der Waals surface area contributed by atoms with Gasteiger partial charge in [0.25, 0.3) is 5.91 Å². The smallest absolute Gasteiger partial charge is 0.416 e. The van der Waals surface area contributed by atoms with Crippen LogP contribution in [0.3, 0.4) is 0 Å². The summed E-state index contributed by atoms with van der Waals surface area (Å²) >= 11 is 0.